The van der Waals surface area contributed by atoms with Gasteiger partial charge in [-0.05, 0) is 106 Å². The van der Waals surface area contributed by atoms with Crippen LogP contribution in [0.5, 0.6) is 0 Å². The fraction of sp³-hybridized carbons (Fsp3) is 0. The van der Waals surface area contributed by atoms with Crippen LogP contribution in [0.2, 0.25) is 0 Å². The summed E-state index contributed by atoms with van der Waals surface area (Å²) in [6, 6.07) is 58.6. The van der Waals surface area contributed by atoms with Crippen molar-refractivity contribution in [2.24, 2.45) is 0 Å². The van der Waals surface area contributed by atoms with Gasteiger partial charge in [-0.2, -0.15) is 0 Å². The normalized spacial score (nSPS) is 12.4. The fourth-order valence-corrected chi connectivity index (χ4v) is 8.74. The number of hydrogen-bond donors (Lipinski definition) is 0. The Labute approximate surface area is 265 Å². The molecular formula is C44H26S. The predicted octanol–water partition coefficient (Wildman–Crippen LogP) is 12.9. The minimum absolute atomic E-state index is 1.25. The van der Waals surface area contributed by atoms with E-state index in [1.165, 1.54) is 97.0 Å². The Hall–Kier alpha value is -5.37. The van der Waals surface area contributed by atoms with Crippen LogP contribution in [0.25, 0.3) is 87.2 Å². The average Bonchev–Trinajstić information content (AvgIpc) is 3.10. The number of fused-ring (bicyclic) bond motifs is 7. The van der Waals surface area contributed by atoms with Crippen LogP contribution >= 0.6 is 11.8 Å². The van der Waals surface area contributed by atoms with Crippen LogP contribution in [0.1, 0.15) is 0 Å². The maximum atomic E-state index is 2.42. The van der Waals surface area contributed by atoms with E-state index < -0.39 is 0 Å². The van der Waals surface area contributed by atoms with E-state index in [4.69, 9.17) is 0 Å². The van der Waals surface area contributed by atoms with Gasteiger partial charge >= 0.3 is 0 Å². The van der Waals surface area contributed by atoms with Gasteiger partial charge in [-0.15, -0.1) is 0 Å². The number of benzene rings is 9. The Kier molecular flexibility index (Phi) is 5.31. The molecule has 0 spiro atoms. The van der Waals surface area contributed by atoms with Crippen LogP contribution in [0.15, 0.2) is 168 Å². The topological polar surface area (TPSA) is 0 Å². The van der Waals surface area contributed by atoms with Gasteiger partial charge in [0.1, 0.15) is 0 Å². The molecule has 0 fully saturated rings. The van der Waals surface area contributed by atoms with E-state index in [1.54, 1.807) is 0 Å². The first-order chi connectivity index (χ1) is 22.3. The van der Waals surface area contributed by atoms with E-state index in [9.17, 15) is 0 Å². The van der Waals surface area contributed by atoms with Crippen LogP contribution in [-0.4, -0.2) is 0 Å². The quantitative estimate of drug-likeness (QED) is 0.143. The molecule has 1 aliphatic rings. The van der Waals surface area contributed by atoms with Crippen molar-refractivity contribution < 1.29 is 0 Å². The van der Waals surface area contributed by atoms with Gasteiger partial charge in [0, 0.05) is 15.2 Å². The van der Waals surface area contributed by atoms with Crippen molar-refractivity contribution in [2.45, 2.75) is 9.79 Å². The Morgan fingerprint density at radius 1 is 0.311 bits per heavy atom. The van der Waals surface area contributed by atoms with Gasteiger partial charge in [0.25, 0.3) is 0 Å². The highest BCUT2D eigenvalue weighted by molar-refractivity contribution is 7.99. The fourth-order valence-electron chi connectivity index (χ4n) is 7.61. The van der Waals surface area contributed by atoms with Crippen LogP contribution in [0.3, 0.4) is 0 Å². The molecule has 0 unspecified atom stereocenters. The Morgan fingerprint density at radius 2 is 1.00 bits per heavy atom. The van der Waals surface area contributed by atoms with Gasteiger partial charge in [0.15, 0.2) is 0 Å². The smallest absolute Gasteiger partial charge is 0.0207 e. The molecule has 0 saturated heterocycles. The molecule has 0 N–H and O–H groups in total. The lowest BCUT2D eigenvalue weighted by Crippen LogP contribution is -1.94. The van der Waals surface area contributed by atoms with E-state index >= 15 is 0 Å². The molecule has 0 radical (unpaired) electrons. The maximum Gasteiger partial charge on any atom is 0.0207 e. The number of hydrogen-bond acceptors (Lipinski definition) is 1. The second-order valence-corrected chi connectivity index (χ2v) is 13.1. The van der Waals surface area contributed by atoms with Crippen molar-refractivity contribution in [3.8, 4) is 33.4 Å². The molecule has 9 aromatic rings. The summed E-state index contributed by atoms with van der Waals surface area (Å²) in [5, 5.41) is 12.9. The van der Waals surface area contributed by atoms with Crippen molar-refractivity contribution in [1.82, 2.24) is 0 Å². The van der Waals surface area contributed by atoms with Gasteiger partial charge in [-0.25, -0.2) is 0 Å². The molecular weight excluding hydrogens is 561 g/mol. The van der Waals surface area contributed by atoms with Crippen LogP contribution in [0, 0.1) is 0 Å². The summed E-state index contributed by atoms with van der Waals surface area (Å²) in [6.45, 7) is 0. The lowest BCUT2D eigenvalue weighted by Gasteiger charge is -2.22. The van der Waals surface area contributed by atoms with Crippen molar-refractivity contribution in [3.05, 3.63) is 158 Å². The second-order valence-electron chi connectivity index (χ2n) is 12.0. The third-order valence-electron chi connectivity index (χ3n) is 9.63. The summed E-state index contributed by atoms with van der Waals surface area (Å²) in [5.74, 6) is 0. The summed E-state index contributed by atoms with van der Waals surface area (Å²) in [6.07, 6.45) is 0. The molecule has 1 aliphatic heterocycles. The monoisotopic (exact) mass is 586 g/mol. The molecule has 0 aromatic heterocycles. The Morgan fingerprint density at radius 3 is 1.93 bits per heavy atom. The molecule has 0 aliphatic carbocycles. The molecule has 1 heteroatoms. The van der Waals surface area contributed by atoms with Crippen LogP contribution < -0.4 is 0 Å². The third-order valence-corrected chi connectivity index (χ3v) is 10.8. The number of rotatable bonds is 2. The van der Waals surface area contributed by atoms with Crippen molar-refractivity contribution >= 4 is 65.6 Å². The molecule has 10 rings (SSSR count). The Bertz CT molecular complexity index is 2670. The van der Waals surface area contributed by atoms with Gasteiger partial charge in [0.2, 0.25) is 0 Å². The minimum atomic E-state index is 1.25. The van der Waals surface area contributed by atoms with E-state index in [0.29, 0.717) is 0 Å². The summed E-state index contributed by atoms with van der Waals surface area (Å²) >= 11 is 1.88. The van der Waals surface area contributed by atoms with E-state index in [-0.39, 0.29) is 0 Å². The lowest BCUT2D eigenvalue weighted by molar-refractivity contribution is 1.40. The summed E-state index contributed by atoms with van der Waals surface area (Å²) < 4.78 is 0. The highest BCUT2D eigenvalue weighted by Crippen LogP contribution is 2.50. The molecule has 9 aromatic carbocycles. The molecule has 0 atom stereocenters. The zero-order chi connectivity index (χ0) is 29.5. The minimum Gasteiger partial charge on any atom is -0.0888 e. The van der Waals surface area contributed by atoms with Gasteiger partial charge in [0.05, 0.1) is 0 Å². The molecule has 208 valence electrons. The molecule has 45 heavy (non-hydrogen) atoms. The van der Waals surface area contributed by atoms with E-state index in [2.05, 4.69) is 158 Å². The zero-order valence-corrected chi connectivity index (χ0v) is 25.2. The molecule has 0 amide bonds. The zero-order valence-electron chi connectivity index (χ0n) is 24.4. The lowest BCUT2D eigenvalue weighted by atomic mass is 9.86. The van der Waals surface area contributed by atoms with E-state index in [0.717, 1.165) is 0 Å². The first kappa shape index (κ1) is 25.0. The molecule has 0 saturated carbocycles. The molecule has 0 bridgehead atoms. The summed E-state index contributed by atoms with van der Waals surface area (Å²) in [5.41, 5.74) is 7.77. The average molecular weight is 587 g/mol. The van der Waals surface area contributed by atoms with Gasteiger partial charge < -0.3 is 0 Å². The standard InChI is InChI=1S/C44H26S/c1-3-12-31-27(9-1)11-7-15-36(31)43-34-21-20-29(25-30(34)26-40-32-13-4-2-10-28(32)19-22-39(40)43)33-23-24-42-44-37(33)16-8-17-38(44)35-14-5-6-18-41(35)45-42/h1-26H. The van der Waals surface area contributed by atoms with Crippen molar-refractivity contribution in [2.75, 3.05) is 0 Å². The Balaban J connectivity index is 1.28. The predicted molar refractivity (Wildman–Crippen MR) is 194 cm³/mol. The third kappa shape index (κ3) is 3.68. The summed E-state index contributed by atoms with van der Waals surface area (Å²) in [4.78, 5) is 2.66. The highest BCUT2D eigenvalue weighted by atomic mass is 32.2. The summed E-state index contributed by atoms with van der Waals surface area (Å²) in [7, 11) is 0. The van der Waals surface area contributed by atoms with Crippen LogP contribution in [0.4, 0.5) is 0 Å². The molecule has 0 nitrogen and oxygen atoms in total. The van der Waals surface area contributed by atoms with Crippen molar-refractivity contribution in [3.63, 3.8) is 0 Å². The molecule has 1 heterocycles. The SMILES string of the molecule is c1ccc2c(c1)Sc1ccc(-c3ccc4c(-c5cccc6ccccc56)c5ccc6ccccc6c5cc4c3)c3cccc-2c13. The van der Waals surface area contributed by atoms with Gasteiger partial charge in [-0.1, -0.05) is 145 Å². The first-order valence-electron chi connectivity index (χ1n) is 15.5. The first-order valence-corrected chi connectivity index (χ1v) is 16.3. The van der Waals surface area contributed by atoms with E-state index in [1.807, 2.05) is 11.8 Å². The second kappa shape index (κ2) is 9.56. The maximum absolute atomic E-state index is 2.42. The largest absolute Gasteiger partial charge is 0.0888 e. The highest BCUT2D eigenvalue weighted by Gasteiger charge is 2.21. The van der Waals surface area contributed by atoms with Gasteiger partial charge in [-0.3, -0.25) is 0 Å². The van der Waals surface area contributed by atoms with Crippen molar-refractivity contribution in [1.29, 1.82) is 0 Å². The van der Waals surface area contributed by atoms with Crippen LogP contribution in [-0.2, 0) is 0 Å².